The maximum absolute atomic E-state index is 13.5. The summed E-state index contributed by atoms with van der Waals surface area (Å²) in [6, 6.07) is 11.2. The van der Waals surface area contributed by atoms with Crippen LogP contribution in [-0.2, 0) is 4.74 Å². The molecule has 0 saturated heterocycles. The molecule has 5 nitrogen and oxygen atoms in total. The van der Waals surface area contributed by atoms with E-state index in [0.29, 0.717) is 29.7 Å². The molecule has 0 spiro atoms. The third-order valence-electron chi connectivity index (χ3n) is 5.34. The molecule has 1 unspecified atom stereocenters. The Morgan fingerprint density at radius 1 is 1.04 bits per heavy atom. The number of amides is 1. The molecule has 28 heavy (non-hydrogen) atoms. The average molecular weight is 377 g/mol. The van der Waals surface area contributed by atoms with Gasteiger partial charge in [0.05, 0.1) is 23.6 Å². The van der Waals surface area contributed by atoms with Crippen molar-refractivity contribution in [3.05, 3.63) is 80.2 Å². The molecule has 1 aromatic heterocycles. The number of ether oxygens (including phenoxy) is 1. The highest BCUT2D eigenvalue weighted by molar-refractivity contribution is 5.99. The topological polar surface area (TPSA) is 59.8 Å². The summed E-state index contributed by atoms with van der Waals surface area (Å²) in [5, 5.41) is 0.544. The van der Waals surface area contributed by atoms with Crippen molar-refractivity contribution >= 4 is 16.9 Å². The molecule has 4 rings (SSSR count). The highest BCUT2D eigenvalue weighted by Gasteiger charge is 2.42. The normalized spacial score (nSPS) is 16.1. The lowest BCUT2D eigenvalue weighted by Crippen LogP contribution is -2.32. The molecule has 1 aliphatic heterocycles. The summed E-state index contributed by atoms with van der Waals surface area (Å²) in [5.74, 6) is -0.125. The van der Waals surface area contributed by atoms with Crippen LogP contribution in [-0.4, -0.2) is 31.1 Å². The number of nitrogens with zero attached hydrogens (tertiary/aromatic N) is 1. The second-order valence-corrected chi connectivity index (χ2v) is 7.43. The second kappa shape index (κ2) is 6.91. The minimum atomic E-state index is -0.473. The zero-order valence-corrected chi connectivity index (χ0v) is 16.5. The fourth-order valence-electron chi connectivity index (χ4n) is 4.03. The first-order chi connectivity index (χ1) is 13.4. The van der Waals surface area contributed by atoms with Gasteiger partial charge in [0.15, 0.2) is 5.43 Å². The van der Waals surface area contributed by atoms with Crippen LogP contribution in [0.4, 0.5) is 0 Å². The van der Waals surface area contributed by atoms with Gasteiger partial charge < -0.3 is 14.1 Å². The summed E-state index contributed by atoms with van der Waals surface area (Å²) < 4.78 is 11.2. The van der Waals surface area contributed by atoms with Gasteiger partial charge in [0, 0.05) is 13.7 Å². The molecule has 144 valence electrons. The maximum Gasteiger partial charge on any atom is 0.290 e. The van der Waals surface area contributed by atoms with E-state index in [1.54, 1.807) is 12.0 Å². The summed E-state index contributed by atoms with van der Waals surface area (Å²) in [5.41, 5.74) is 4.61. The van der Waals surface area contributed by atoms with Gasteiger partial charge in [-0.15, -0.1) is 0 Å². The van der Waals surface area contributed by atoms with Crippen LogP contribution in [0.5, 0.6) is 0 Å². The number of carbonyl (C=O) groups excluding carboxylic acids is 1. The van der Waals surface area contributed by atoms with Crippen LogP contribution in [0.3, 0.4) is 0 Å². The van der Waals surface area contributed by atoms with Crippen molar-refractivity contribution in [3.8, 4) is 0 Å². The highest BCUT2D eigenvalue weighted by Crippen LogP contribution is 2.38. The highest BCUT2D eigenvalue weighted by atomic mass is 16.5. The number of methoxy groups -OCH3 is 1. The van der Waals surface area contributed by atoms with Crippen LogP contribution in [0.25, 0.3) is 11.0 Å². The number of fused-ring (bicyclic) bond motifs is 2. The average Bonchev–Trinajstić information content (AvgIpc) is 2.92. The van der Waals surface area contributed by atoms with E-state index >= 15 is 0 Å². The van der Waals surface area contributed by atoms with Crippen LogP contribution >= 0.6 is 0 Å². The monoisotopic (exact) mass is 377 g/mol. The van der Waals surface area contributed by atoms with E-state index in [4.69, 9.17) is 9.15 Å². The SMILES string of the molecule is COCCN1C(=O)c2oc3cc(C)cc(C)c3c(=O)c2C1c1ccc(C)cc1. The number of hydrogen-bond donors (Lipinski definition) is 0. The van der Waals surface area contributed by atoms with Gasteiger partial charge in [-0.05, 0) is 43.5 Å². The van der Waals surface area contributed by atoms with Crippen molar-refractivity contribution in [1.82, 2.24) is 4.90 Å². The molecule has 1 aliphatic rings. The quantitative estimate of drug-likeness (QED) is 0.692. The molecule has 5 heteroatoms. The summed E-state index contributed by atoms with van der Waals surface area (Å²) in [6.45, 7) is 6.62. The van der Waals surface area contributed by atoms with E-state index in [1.165, 1.54) is 0 Å². The van der Waals surface area contributed by atoms with E-state index in [0.717, 1.165) is 22.3 Å². The van der Waals surface area contributed by atoms with Crippen LogP contribution in [0.15, 0.2) is 45.6 Å². The van der Waals surface area contributed by atoms with Crippen molar-refractivity contribution < 1.29 is 13.9 Å². The van der Waals surface area contributed by atoms with E-state index in [9.17, 15) is 9.59 Å². The molecule has 1 amide bonds. The molecule has 3 aromatic rings. The van der Waals surface area contributed by atoms with Crippen LogP contribution in [0, 0.1) is 20.8 Å². The Balaban J connectivity index is 2.00. The van der Waals surface area contributed by atoms with Gasteiger partial charge in [-0.3, -0.25) is 9.59 Å². The molecule has 0 N–H and O–H groups in total. The second-order valence-electron chi connectivity index (χ2n) is 7.43. The summed E-state index contributed by atoms with van der Waals surface area (Å²) in [7, 11) is 1.60. The maximum atomic E-state index is 13.5. The molecule has 1 atom stereocenters. The number of carbonyl (C=O) groups is 1. The molecule has 0 bridgehead atoms. The Morgan fingerprint density at radius 2 is 1.75 bits per heavy atom. The zero-order valence-electron chi connectivity index (χ0n) is 16.5. The van der Waals surface area contributed by atoms with Crippen LogP contribution in [0.1, 0.15) is 44.4 Å². The van der Waals surface area contributed by atoms with Gasteiger partial charge in [-0.25, -0.2) is 0 Å². The molecule has 0 saturated carbocycles. The number of hydrogen-bond acceptors (Lipinski definition) is 4. The smallest absolute Gasteiger partial charge is 0.290 e. The molecule has 0 aliphatic carbocycles. The van der Waals surface area contributed by atoms with Crippen molar-refractivity contribution in [3.63, 3.8) is 0 Å². The van der Waals surface area contributed by atoms with E-state index in [2.05, 4.69) is 0 Å². The Labute approximate surface area is 163 Å². The third-order valence-corrected chi connectivity index (χ3v) is 5.34. The van der Waals surface area contributed by atoms with Gasteiger partial charge in [-0.2, -0.15) is 0 Å². The van der Waals surface area contributed by atoms with Gasteiger partial charge in [0.25, 0.3) is 5.91 Å². The minimum Gasteiger partial charge on any atom is -0.450 e. The number of benzene rings is 2. The van der Waals surface area contributed by atoms with Gasteiger partial charge >= 0.3 is 0 Å². The lowest BCUT2D eigenvalue weighted by Gasteiger charge is -2.24. The zero-order chi connectivity index (χ0) is 20.0. The van der Waals surface area contributed by atoms with Crippen molar-refractivity contribution in [1.29, 1.82) is 0 Å². The summed E-state index contributed by atoms with van der Waals surface area (Å²) in [6.07, 6.45) is 0. The van der Waals surface area contributed by atoms with E-state index < -0.39 is 6.04 Å². The summed E-state index contributed by atoms with van der Waals surface area (Å²) >= 11 is 0. The largest absolute Gasteiger partial charge is 0.450 e. The first kappa shape index (κ1) is 18.4. The van der Waals surface area contributed by atoms with Gasteiger partial charge in [0.2, 0.25) is 5.76 Å². The fourth-order valence-corrected chi connectivity index (χ4v) is 4.03. The molecule has 2 aromatic carbocycles. The first-order valence-corrected chi connectivity index (χ1v) is 9.36. The molecule has 0 radical (unpaired) electrons. The van der Waals surface area contributed by atoms with Crippen molar-refractivity contribution in [2.75, 3.05) is 20.3 Å². The number of rotatable bonds is 4. The lowest BCUT2D eigenvalue weighted by atomic mass is 9.96. The minimum absolute atomic E-state index is 0.132. The predicted molar refractivity (Wildman–Crippen MR) is 108 cm³/mol. The standard InChI is InChI=1S/C23H23NO4/c1-13-5-7-16(8-6-13)20-19-21(25)18-15(3)11-14(2)12-17(18)28-22(19)23(26)24(20)9-10-27-4/h5-8,11-12,20H,9-10H2,1-4H3. The Hall–Kier alpha value is -2.92. The van der Waals surface area contributed by atoms with Gasteiger partial charge in [-0.1, -0.05) is 35.9 Å². The third kappa shape index (κ3) is 2.83. The Kier molecular flexibility index (Phi) is 4.55. The van der Waals surface area contributed by atoms with E-state index in [-0.39, 0.29) is 17.1 Å². The first-order valence-electron chi connectivity index (χ1n) is 9.36. The van der Waals surface area contributed by atoms with Crippen molar-refractivity contribution in [2.24, 2.45) is 0 Å². The van der Waals surface area contributed by atoms with Crippen LogP contribution < -0.4 is 5.43 Å². The molecule has 0 fully saturated rings. The Morgan fingerprint density at radius 3 is 2.43 bits per heavy atom. The van der Waals surface area contributed by atoms with Crippen LogP contribution in [0.2, 0.25) is 0 Å². The van der Waals surface area contributed by atoms with Gasteiger partial charge in [0.1, 0.15) is 5.58 Å². The molecule has 2 heterocycles. The Bertz CT molecular complexity index is 1130. The molecular weight excluding hydrogens is 354 g/mol. The van der Waals surface area contributed by atoms with E-state index in [1.807, 2.05) is 57.2 Å². The molecular formula is C23H23NO4. The predicted octanol–water partition coefficient (Wildman–Crippen LogP) is 3.91. The fraction of sp³-hybridized carbons (Fsp3) is 0.304. The summed E-state index contributed by atoms with van der Waals surface area (Å²) in [4.78, 5) is 28.3. The number of aryl methyl sites for hydroxylation is 3. The van der Waals surface area contributed by atoms with Crippen molar-refractivity contribution in [2.45, 2.75) is 26.8 Å². The lowest BCUT2D eigenvalue weighted by molar-refractivity contribution is 0.0663.